The molecule has 0 aliphatic carbocycles. The van der Waals surface area contributed by atoms with E-state index in [1.54, 1.807) is 7.11 Å². The van der Waals surface area contributed by atoms with Crippen LogP contribution in [-0.2, 0) is 11.2 Å². The number of nitrogens with one attached hydrogen (secondary N) is 1. The standard InChI is InChI=1S/C14H25N3O/c1-9(2)15-8-7-13-10(3)16-14(12(5)18-6)17-11(13)4/h9,12,15H,7-8H2,1-6H3. The maximum atomic E-state index is 5.26. The van der Waals surface area contributed by atoms with Crippen molar-refractivity contribution in [3.05, 3.63) is 22.8 Å². The summed E-state index contributed by atoms with van der Waals surface area (Å²) in [7, 11) is 1.68. The summed E-state index contributed by atoms with van der Waals surface area (Å²) in [6, 6.07) is 0.513. The van der Waals surface area contributed by atoms with Gasteiger partial charge in [0.1, 0.15) is 6.10 Å². The van der Waals surface area contributed by atoms with E-state index in [9.17, 15) is 0 Å². The van der Waals surface area contributed by atoms with E-state index in [0.717, 1.165) is 30.2 Å². The monoisotopic (exact) mass is 251 g/mol. The van der Waals surface area contributed by atoms with Gasteiger partial charge in [-0.15, -0.1) is 0 Å². The van der Waals surface area contributed by atoms with Crippen LogP contribution in [0.4, 0.5) is 0 Å². The average molecular weight is 251 g/mol. The predicted octanol–water partition coefficient (Wildman–Crippen LogP) is 2.34. The van der Waals surface area contributed by atoms with E-state index in [2.05, 4.69) is 29.1 Å². The van der Waals surface area contributed by atoms with Gasteiger partial charge < -0.3 is 10.1 Å². The topological polar surface area (TPSA) is 47.0 Å². The molecule has 1 unspecified atom stereocenters. The Labute approximate surface area is 110 Å². The molecule has 0 saturated carbocycles. The zero-order valence-corrected chi connectivity index (χ0v) is 12.4. The number of hydrogen-bond acceptors (Lipinski definition) is 4. The van der Waals surface area contributed by atoms with E-state index < -0.39 is 0 Å². The molecule has 1 aromatic heterocycles. The van der Waals surface area contributed by atoms with Gasteiger partial charge in [-0.3, -0.25) is 0 Å². The highest BCUT2D eigenvalue weighted by atomic mass is 16.5. The highest BCUT2D eigenvalue weighted by Crippen LogP contribution is 2.16. The molecule has 0 radical (unpaired) electrons. The Kier molecular flexibility index (Phi) is 5.69. The van der Waals surface area contributed by atoms with Crippen LogP contribution in [0.5, 0.6) is 0 Å². The van der Waals surface area contributed by atoms with Crippen LogP contribution in [0.25, 0.3) is 0 Å². The van der Waals surface area contributed by atoms with Crippen LogP contribution in [0.3, 0.4) is 0 Å². The lowest BCUT2D eigenvalue weighted by atomic mass is 10.1. The summed E-state index contributed by atoms with van der Waals surface area (Å²) in [5.41, 5.74) is 3.37. The molecule has 1 N–H and O–H groups in total. The molecule has 1 rings (SSSR count). The smallest absolute Gasteiger partial charge is 0.157 e. The molecule has 1 aromatic rings. The van der Waals surface area contributed by atoms with Gasteiger partial charge in [-0.1, -0.05) is 13.8 Å². The van der Waals surface area contributed by atoms with Crippen molar-refractivity contribution in [2.24, 2.45) is 0 Å². The van der Waals surface area contributed by atoms with Crippen molar-refractivity contribution in [2.45, 2.75) is 53.2 Å². The Hall–Kier alpha value is -1.00. The van der Waals surface area contributed by atoms with Gasteiger partial charge in [-0.25, -0.2) is 9.97 Å². The van der Waals surface area contributed by atoms with Crippen molar-refractivity contribution in [1.82, 2.24) is 15.3 Å². The summed E-state index contributed by atoms with van der Waals surface area (Å²) in [4.78, 5) is 9.08. The minimum Gasteiger partial charge on any atom is -0.374 e. The fraction of sp³-hybridized carbons (Fsp3) is 0.714. The Bertz CT molecular complexity index is 368. The largest absolute Gasteiger partial charge is 0.374 e. The first-order valence-electron chi connectivity index (χ1n) is 6.55. The zero-order valence-electron chi connectivity index (χ0n) is 12.4. The van der Waals surface area contributed by atoms with E-state index in [-0.39, 0.29) is 6.10 Å². The van der Waals surface area contributed by atoms with Gasteiger partial charge in [0.2, 0.25) is 0 Å². The van der Waals surface area contributed by atoms with Gasteiger partial charge in [0.25, 0.3) is 0 Å². The molecule has 1 atom stereocenters. The highest BCUT2D eigenvalue weighted by Gasteiger charge is 2.12. The third-order valence-corrected chi connectivity index (χ3v) is 3.08. The molecule has 0 amide bonds. The summed E-state index contributed by atoms with van der Waals surface area (Å²) < 4.78 is 5.26. The zero-order chi connectivity index (χ0) is 13.7. The number of methoxy groups -OCH3 is 1. The molecule has 18 heavy (non-hydrogen) atoms. The molecular weight excluding hydrogens is 226 g/mol. The van der Waals surface area contributed by atoms with Crippen LogP contribution in [0.1, 0.15) is 49.7 Å². The second-order valence-corrected chi connectivity index (χ2v) is 4.97. The van der Waals surface area contributed by atoms with Crippen molar-refractivity contribution in [3.8, 4) is 0 Å². The molecule has 0 aliphatic heterocycles. The predicted molar refractivity (Wildman–Crippen MR) is 73.8 cm³/mol. The van der Waals surface area contributed by atoms with Gasteiger partial charge in [0, 0.05) is 24.5 Å². The van der Waals surface area contributed by atoms with E-state index in [4.69, 9.17) is 4.74 Å². The lowest BCUT2D eigenvalue weighted by Gasteiger charge is -2.15. The first kappa shape index (κ1) is 15.1. The van der Waals surface area contributed by atoms with E-state index >= 15 is 0 Å². The van der Waals surface area contributed by atoms with E-state index in [0.29, 0.717) is 6.04 Å². The van der Waals surface area contributed by atoms with Gasteiger partial charge in [0.05, 0.1) is 0 Å². The van der Waals surface area contributed by atoms with Crippen LogP contribution < -0.4 is 5.32 Å². The fourth-order valence-corrected chi connectivity index (χ4v) is 1.90. The van der Waals surface area contributed by atoms with Crippen molar-refractivity contribution in [2.75, 3.05) is 13.7 Å². The van der Waals surface area contributed by atoms with Crippen LogP contribution in [0.2, 0.25) is 0 Å². The summed E-state index contributed by atoms with van der Waals surface area (Å²) in [5, 5.41) is 3.42. The molecule has 1 heterocycles. The van der Waals surface area contributed by atoms with Gasteiger partial charge in [0.15, 0.2) is 5.82 Å². The summed E-state index contributed by atoms with van der Waals surface area (Å²) in [6.45, 7) is 11.3. The Morgan fingerprint density at radius 2 is 1.67 bits per heavy atom. The molecule has 4 heteroatoms. The van der Waals surface area contributed by atoms with Crippen molar-refractivity contribution < 1.29 is 4.74 Å². The Balaban J connectivity index is 2.81. The Morgan fingerprint density at radius 3 is 2.11 bits per heavy atom. The second kappa shape index (κ2) is 6.81. The third kappa shape index (κ3) is 4.03. The normalized spacial score (nSPS) is 13.1. The molecule has 0 spiro atoms. The van der Waals surface area contributed by atoms with Crippen molar-refractivity contribution in [1.29, 1.82) is 0 Å². The minimum atomic E-state index is -0.0507. The quantitative estimate of drug-likeness (QED) is 0.843. The SMILES string of the molecule is COC(C)c1nc(C)c(CCNC(C)C)c(C)n1. The third-order valence-electron chi connectivity index (χ3n) is 3.08. The molecule has 0 saturated heterocycles. The lowest BCUT2D eigenvalue weighted by Crippen LogP contribution is -2.25. The molecule has 0 bridgehead atoms. The van der Waals surface area contributed by atoms with E-state index in [1.165, 1.54) is 5.56 Å². The number of aryl methyl sites for hydroxylation is 2. The van der Waals surface area contributed by atoms with Crippen LogP contribution in [-0.4, -0.2) is 29.7 Å². The highest BCUT2D eigenvalue weighted by molar-refractivity contribution is 5.25. The number of aromatic nitrogens is 2. The molecule has 0 fully saturated rings. The maximum absolute atomic E-state index is 5.26. The molecule has 102 valence electrons. The molecular formula is C14H25N3O. The first-order valence-corrected chi connectivity index (χ1v) is 6.55. The number of hydrogen-bond donors (Lipinski definition) is 1. The van der Waals surface area contributed by atoms with Gasteiger partial charge in [-0.2, -0.15) is 0 Å². The first-order chi connectivity index (χ1) is 8.45. The number of rotatable bonds is 6. The molecule has 4 nitrogen and oxygen atoms in total. The van der Waals surface area contributed by atoms with Crippen LogP contribution >= 0.6 is 0 Å². The van der Waals surface area contributed by atoms with E-state index in [1.807, 2.05) is 20.8 Å². The van der Waals surface area contributed by atoms with Crippen LogP contribution in [0, 0.1) is 13.8 Å². The van der Waals surface area contributed by atoms with Gasteiger partial charge in [-0.05, 0) is 39.3 Å². The number of nitrogens with zero attached hydrogens (tertiary/aromatic N) is 2. The second-order valence-electron chi connectivity index (χ2n) is 4.97. The van der Waals surface area contributed by atoms with Crippen molar-refractivity contribution in [3.63, 3.8) is 0 Å². The number of ether oxygens (including phenoxy) is 1. The lowest BCUT2D eigenvalue weighted by molar-refractivity contribution is 0.111. The summed E-state index contributed by atoms with van der Waals surface area (Å²) in [6.07, 6.45) is 0.919. The minimum absolute atomic E-state index is 0.0507. The van der Waals surface area contributed by atoms with Gasteiger partial charge >= 0.3 is 0 Å². The average Bonchev–Trinajstić information content (AvgIpc) is 2.31. The molecule has 0 aromatic carbocycles. The summed E-state index contributed by atoms with van der Waals surface area (Å²) in [5.74, 6) is 0.771. The van der Waals surface area contributed by atoms with Crippen molar-refractivity contribution >= 4 is 0 Å². The summed E-state index contributed by atoms with van der Waals surface area (Å²) >= 11 is 0. The Morgan fingerprint density at radius 1 is 1.11 bits per heavy atom. The fourth-order valence-electron chi connectivity index (χ4n) is 1.90. The molecule has 0 aliphatic rings. The maximum Gasteiger partial charge on any atom is 0.157 e. The van der Waals surface area contributed by atoms with Crippen LogP contribution in [0.15, 0.2) is 0 Å².